The molecule has 0 bridgehead atoms. The van der Waals surface area contributed by atoms with Crippen LogP contribution in [0.5, 0.6) is 0 Å². The van der Waals surface area contributed by atoms with Gasteiger partial charge in [-0.1, -0.05) is 11.6 Å². The van der Waals surface area contributed by atoms with Crippen LogP contribution in [0.15, 0.2) is 29.2 Å². The molecule has 0 spiro atoms. The van der Waals surface area contributed by atoms with Crippen molar-refractivity contribution in [3.63, 3.8) is 0 Å². The average molecular weight is 370 g/mol. The second kappa shape index (κ2) is 6.42. The summed E-state index contributed by atoms with van der Waals surface area (Å²) in [4.78, 5) is -0.0816. The van der Waals surface area contributed by atoms with Crippen LogP contribution < -0.4 is 0 Å². The Bertz CT molecular complexity index is 731. The van der Waals surface area contributed by atoms with Gasteiger partial charge in [0.1, 0.15) is 0 Å². The predicted octanol–water partition coefficient (Wildman–Crippen LogP) is -0.519. The molecule has 1 aliphatic heterocycles. The van der Waals surface area contributed by atoms with Gasteiger partial charge in [-0.2, -0.15) is 4.31 Å². The van der Waals surface area contributed by atoms with E-state index in [1.54, 1.807) is 0 Å². The summed E-state index contributed by atoms with van der Waals surface area (Å²) in [5.41, 5.74) is 0. The van der Waals surface area contributed by atoms with E-state index in [1.807, 2.05) is 0 Å². The third-order valence-electron chi connectivity index (χ3n) is 3.40. The molecule has 124 valence electrons. The summed E-state index contributed by atoms with van der Waals surface area (Å²) in [5, 5.41) is 19.4. The summed E-state index contributed by atoms with van der Waals surface area (Å²) >= 11 is 5.72. The maximum absolute atomic E-state index is 12.6. The number of benzene rings is 1. The second-order valence-corrected chi connectivity index (χ2v) is 9.49. The van der Waals surface area contributed by atoms with E-state index in [1.165, 1.54) is 24.3 Å². The van der Waals surface area contributed by atoms with E-state index in [0.717, 1.165) is 4.31 Å². The van der Waals surface area contributed by atoms with E-state index < -0.39 is 50.1 Å². The van der Waals surface area contributed by atoms with Gasteiger partial charge in [0, 0.05) is 11.6 Å². The van der Waals surface area contributed by atoms with Crippen molar-refractivity contribution in [2.45, 2.75) is 17.0 Å². The van der Waals surface area contributed by atoms with Gasteiger partial charge in [-0.3, -0.25) is 0 Å². The van der Waals surface area contributed by atoms with Gasteiger partial charge >= 0.3 is 0 Å². The summed E-state index contributed by atoms with van der Waals surface area (Å²) in [5.74, 6) is -0.962. The highest BCUT2D eigenvalue weighted by Gasteiger charge is 2.44. The van der Waals surface area contributed by atoms with E-state index in [2.05, 4.69) is 0 Å². The van der Waals surface area contributed by atoms with Crippen LogP contribution in [0.1, 0.15) is 0 Å². The zero-order valence-corrected chi connectivity index (χ0v) is 13.9. The molecule has 2 atom stereocenters. The first-order chi connectivity index (χ1) is 10.2. The molecule has 0 amide bonds. The number of sulfonamides is 1. The highest BCUT2D eigenvalue weighted by atomic mass is 35.5. The first-order valence-electron chi connectivity index (χ1n) is 6.44. The lowest BCUT2D eigenvalue weighted by Gasteiger charge is -2.28. The number of halogens is 1. The number of rotatable bonds is 5. The van der Waals surface area contributed by atoms with Gasteiger partial charge in [0.15, 0.2) is 9.84 Å². The van der Waals surface area contributed by atoms with E-state index in [4.69, 9.17) is 16.7 Å². The fraction of sp³-hybridized carbons (Fsp3) is 0.500. The quantitative estimate of drug-likeness (QED) is 0.722. The Labute approximate surface area is 134 Å². The summed E-state index contributed by atoms with van der Waals surface area (Å²) in [7, 11) is -7.57. The maximum Gasteiger partial charge on any atom is 0.243 e. The molecule has 1 heterocycles. The molecule has 2 N–H and O–H groups in total. The van der Waals surface area contributed by atoms with Gasteiger partial charge < -0.3 is 10.2 Å². The summed E-state index contributed by atoms with van der Waals surface area (Å²) < 4.78 is 49.3. The molecule has 1 saturated heterocycles. The van der Waals surface area contributed by atoms with Crippen LogP contribution in [0.25, 0.3) is 0 Å². The molecule has 0 aromatic heterocycles. The van der Waals surface area contributed by atoms with Crippen molar-refractivity contribution in [2.24, 2.45) is 0 Å². The molecular weight excluding hydrogens is 354 g/mol. The van der Waals surface area contributed by atoms with E-state index in [9.17, 15) is 21.9 Å². The number of aliphatic hydroxyl groups is 2. The maximum atomic E-state index is 12.6. The van der Waals surface area contributed by atoms with Gasteiger partial charge in [0.25, 0.3) is 0 Å². The summed E-state index contributed by atoms with van der Waals surface area (Å²) in [6.07, 6.45) is -1.32. The van der Waals surface area contributed by atoms with E-state index >= 15 is 0 Å². The van der Waals surface area contributed by atoms with Gasteiger partial charge in [-0.25, -0.2) is 16.8 Å². The normalized spacial score (nSPS) is 24.7. The van der Waals surface area contributed by atoms with Crippen molar-refractivity contribution in [2.75, 3.05) is 24.7 Å². The van der Waals surface area contributed by atoms with Gasteiger partial charge in [-0.15, -0.1) is 0 Å². The van der Waals surface area contributed by atoms with Gasteiger partial charge in [0.05, 0.1) is 35.2 Å². The van der Waals surface area contributed by atoms with Crippen LogP contribution in [0.2, 0.25) is 5.02 Å². The number of aliphatic hydroxyl groups excluding tert-OH is 2. The minimum Gasteiger partial charge on any atom is -0.395 e. The Morgan fingerprint density at radius 2 is 1.82 bits per heavy atom. The van der Waals surface area contributed by atoms with E-state index in [-0.39, 0.29) is 11.4 Å². The van der Waals surface area contributed by atoms with Crippen LogP contribution in [-0.4, -0.2) is 68.2 Å². The molecule has 1 aliphatic rings. The summed E-state index contributed by atoms with van der Waals surface area (Å²) in [6.45, 7) is -0.793. The lowest BCUT2D eigenvalue weighted by Crippen LogP contribution is -2.47. The number of nitrogens with zero attached hydrogens (tertiary/aromatic N) is 1. The second-order valence-electron chi connectivity index (χ2n) is 5.00. The van der Waals surface area contributed by atoms with Crippen molar-refractivity contribution < 1.29 is 27.0 Å². The van der Waals surface area contributed by atoms with Crippen LogP contribution in [0, 0.1) is 0 Å². The zero-order valence-electron chi connectivity index (χ0n) is 11.5. The third kappa shape index (κ3) is 3.61. The monoisotopic (exact) mass is 369 g/mol. The summed E-state index contributed by atoms with van der Waals surface area (Å²) in [6, 6.07) is 4.26. The number of hydrogen-bond donors (Lipinski definition) is 2. The molecule has 22 heavy (non-hydrogen) atoms. The van der Waals surface area contributed by atoms with Crippen molar-refractivity contribution in [3.8, 4) is 0 Å². The van der Waals surface area contributed by atoms with Gasteiger partial charge in [-0.05, 0) is 24.3 Å². The molecule has 1 aromatic rings. The lowest BCUT2D eigenvalue weighted by atomic mass is 10.2. The smallest absolute Gasteiger partial charge is 0.243 e. The van der Waals surface area contributed by atoms with Crippen molar-refractivity contribution in [1.29, 1.82) is 0 Å². The molecule has 1 fully saturated rings. The highest BCUT2D eigenvalue weighted by molar-refractivity contribution is 7.92. The SMILES string of the molecule is O=S1(=O)C[C@@H](O)[C@@H](N(CCO)S(=O)(=O)c2ccc(Cl)cc2)C1. The topological polar surface area (TPSA) is 112 Å². The average Bonchev–Trinajstić information content (AvgIpc) is 2.69. The first kappa shape index (κ1) is 17.6. The zero-order chi connectivity index (χ0) is 16.5. The van der Waals surface area contributed by atoms with Crippen molar-refractivity contribution in [1.82, 2.24) is 4.31 Å². The van der Waals surface area contributed by atoms with Gasteiger partial charge in [0.2, 0.25) is 10.0 Å². The minimum absolute atomic E-state index is 0.0816. The molecule has 0 saturated carbocycles. The Kier molecular flexibility index (Phi) is 5.15. The first-order valence-corrected chi connectivity index (χ1v) is 10.1. The minimum atomic E-state index is -4.06. The van der Waals surface area contributed by atoms with Crippen LogP contribution >= 0.6 is 11.6 Å². The Morgan fingerprint density at radius 1 is 1.23 bits per heavy atom. The van der Waals surface area contributed by atoms with Crippen molar-refractivity contribution in [3.05, 3.63) is 29.3 Å². The molecule has 1 aromatic carbocycles. The molecular formula is C12H16ClNO6S2. The Hall–Kier alpha value is -0.710. The van der Waals surface area contributed by atoms with Crippen LogP contribution in [0.4, 0.5) is 0 Å². The Balaban J connectivity index is 2.41. The van der Waals surface area contributed by atoms with Crippen LogP contribution in [0.3, 0.4) is 0 Å². The fourth-order valence-electron chi connectivity index (χ4n) is 2.39. The Morgan fingerprint density at radius 3 is 2.27 bits per heavy atom. The molecule has 0 radical (unpaired) electrons. The standard InChI is InChI=1S/C12H16ClNO6S2/c13-9-1-3-10(4-2-9)22(19,20)14(5-6-15)11-7-21(17,18)8-12(11)16/h1-4,11-12,15-16H,5-8H2/t11-,12+/m0/s1. The largest absolute Gasteiger partial charge is 0.395 e. The predicted molar refractivity (Wildman–Crippen MR) is 80.9 cm³/mol. The fourth-order valence-corrected chi connectivity index (χ4v) is 6.06. The highest BCUT2D eigenvalue weighted by Crippen LogP contribution is 2.26. The molecule has 0 aliphatic carbocycles. The van der Waals surface area contributed by atoms with Crippen LogP contribution in [-0.2, 0) is 19.9 Å². The third-order valence-corrected chi connectivity index (χ3v) is 7.29. The van der Waals surface area contributed by atoms with Crippen molar-refractivity contribution >= 4 is 31.5 Å². The number of sulfone groups is 1. The molecule has 10 heteroatoms. The molecule has 7 nitrogen and oxygen atoms in total. The van der Waals surface area contributed by atoms with E-state index in [0.29, 0.717) is 5.02 Å². The lowest BCUT2D eigenvalue weighted by molar-refractivity contribution is 0.117. The molecule has 0 unspecified atom stereocenters. The molecule has 2 rings (SSSR count). The number of hydrogen-bond acceptors (Lipinski definition) is 6.